The maximum Gasteiger partial charge on any atom is 0.174 e. The lowest BCUT2D eigenvalue weighted by atomic mass is 9.86. The van der Waals surface area contributed by atoms with Crippen LogP contribution in [0, 0.1) is 0 Å². The van der Waals surface area contributed by atoms with Crippen LogP contribution in [0.25, 0.3) is 22.7 Å². The normalized spacial score (nSPS) is 21.5. The molecule has 6 heterocycles. The summed E-state index contributed by atoms with van der Waals surface area (Å²) >= 11 is 0. The molecule has 0 spiro atoms. The number of hydrogen-bond donors (Lipinski definition) is 3. The molecule has 4 aromatic rings. The zero-order chi connectivity index (χ0) is 43.8. The fraction of sp³-hybridized carbons (Fsp3) is 0.396. The first-order chi connectivity index (χ1) is 29.7. The lowest BCUT2D eigenvalue weighted by Gasteiger charge is -2.40. The largest absolute Gasteiger partial charge is 0.496 e. The number of Topliss-reactive ketones (excluding diaryl/α,β-unsaturated/α-hetero) is 1. The average molecular weight is 851 g/mol. The van der Waals surface area contributed by atoms with E-state index in [1.54, 1.807) is 46.6 Å². The van der Waals surface area contributed by atoms with E-state index in [0.717, 1.165) is 27.8 Å². The van der Waals surface area contributed by atoms with E-state index in [1.807, 2.05) is 58.0 Å². The Hall–Kier alpha value is -6.09. The monoisotopic (exact) mass is 850 g/mol. The number of rotatable bonds is 6. The molecule has 6 aliphatic rings. The van der Waals surface area contributed by atoms with Crippen molar-refractivity contribution in [3.63, 3.8) is 0 Å². The molecule has 0 fully saturated rings. The number of benzene rings is 4. The van der Waals surface area contributed by atoms with Crippen LogP contribution in [0.4, 0.5) is 0 Å². The smallest absolute Gasteiger partial charge is 0.174 e. The van der Waals surface area contributed by atoms with Crippen LogP contribution >= 0.6 is 0 Å². The van der Waals surface area contributed by atoms with E-state index in [2.05, 4.69) is 0 Å². The van der Waals surface area contributed by atoms with E-state index in [1.165, 1.54) is 0 Å². The molecule has 0 saturated heterocycles. The molecular weight excluding hydrogens is 801 g/mol. The van der Waals surface area contributed by atoms with Gasteiger partial charge in [-0.05, 0) is 76.2 Å². The van der Waals surface area contributed by atoms with Gasteiger partial charge < -0.3 is 62.7 Å². The molecule has 62 heavy (non-hydrogen) atoms. The van der Waals surface area contributed by atoms with Gasteiger partial charge in [0.15, 0.2) is 18.0 Å². The molecule has 6 aliphatic heterocycles. The van der Waals surface area contributed by atoms with Gasteiger partial charge in [-0.25, -0.2) is 0 Å². The summed E-state index contributed by atoms with van der Waals surface area (Å²) in [6.45, 7) is 7.91. The van der Waals surface area contributed by atoms with Crippen molar-refractivity contribution in [1.29, 1.82) is 0 Å². The molecule has 1 unspecified atom stereocenters. The van der Waals surface area contributed by atoms with E-state index in [4.69, 9.17) is 47.4 Å². The summed E-state index contributed by atoms with van der Waals surface area (Å²) in [6, 6.07) is 14.6. The van der Waals surface area contributed by atoms with Gasteiger partial charge in [0.2, 0.25) is 0 Å². The summed E-state index contributed by atoms with van der Waals surface area (Å²) in [6.07, 6.45) is -0.868. The van der Waals surface area contributed by atoms with Crippen molar-refractivity contribution in [2.45, 2.75) is 83.3 Å². The van der Waals surface area contributed by atoms with E-state index in [0.29, 0.717) is 91.8 Å². The highest BCUT2D eigenvalue weighted by atomic mass is 16.6. The first-order valence-corrected chi connectivity index (χ1v) is 20.5. The van der Waals surface area contributed by atoms with Crippen molar-refractivity contribution >= 4 is 28.4 Å². The van der Waals surface area contributed by atoms with Crippen LogP contribution in [0.5, 0.6) is 46.0 Å². The van der Waals surface area contributed by atoms with Gasteiger partial charge in [-0.3, -0.25) is 4.79 Å². The van der Waals surface area contributed by atoms with Gasteiger partial charge >= 0.3 is 0 Å². The number of hydrogen-bond acceptors (Lipinski definition) is 14. The fourth-order valence-electron chi connectivity index (χ4n) is 9.30. The molecule has 10 rings (SSSR count). The van der Waals surface area contributed by atoms with Gasteiger partial charge in [-0.1, -0.05) is 0 Å². The minimum absolute atomic E-state index is 0.0200. The summed E-state index contributed by atoms with van der Waals surface area (Å²) in [5.41, 5.74) is 6.04. The van der Waals surface area contributed by atoms with Crippen LogP contribution in [0.1, 0.15) is 95.9 Å². The number of carbonyl (C=O) groups is 1. The van der Waals surface area contributed by atoms with Gasteiger partial charge in [0.25, 0.3) is 0 Å². The van der Waals surface area contributed by atoms with Crippen LogP contribution < -0.4 is 37.9 Å². The maximum atomic E-state index is 13.0. The standard InChI is InChI=1S/C24H26O7.C24H24O7/c2*1-24(2)9-15(26)21-16(31-24)6-5-13-22(28-4)20-14-8-17(27-3)12(10-25)7-18(14)29-11-19(20)30-23(13)21/h5-8,15,19,25-26H,9-11H2,1-4H3;5-8,19,25H,9-11H2,1-4H3/t15?,19-;19-/m11/s1. The Balaban J connectivity index is 0.000000158. The minimum atomic E-state index is -0.711. The zero-order valence-electron chi connectivity index (χ0n) is 35.9. The summed E-state index contributed by atoms with van der Waals surface area (Å²) < 4.78 is 59.4. The Morgan fingerprint density at radius 2 is 1.13 bits per heavy atom. The van der Waals surface area contributed by atoms with Gasteiger partial charge in [-0.2, -0.15) is 0 Å². The number of carbonyl (C=O) groups excluding carboxylic acids is 1. The van der Waals surface area contributed by atoms with Crippen molar-refractivity contribution in [2.24, 2.45) is 0 Å². The highest BCUT2D eigenvalue weighted by Crippen LogP contribution is 2.54. The van der Waals surface area contributed by atoms with Crippen molar-refractivity contribution < 1.29 is 67.5 Å². The predicted octanol–water partition coefficient (Wildman–Crippen LogP) is 7.05. The summed E-state index contributed by atoms with van der Waals surface area (Å²) in [5.74, 6) is 5.81. The molecule has 0 saturated carbocycles. The van der Waals surface area contributed by atoms with Crippen molar-refractivity contribution in [2.75, 3.05) is 41.7 Å². The van der Waals surface area contributed by atoms with Gasteiger partial charge in [0.1, 0.15) is 87.5 Å². The molecule has 3 atom stereocenters. The Morgan fingerprint density at radius 3 is 1.65 bits per heavy atom. The molecule has 14 heteroatoms. The van der Waals surface area contributed by atoms with Crippen molar-refractivity contribution in [1.82, 2.24) is 0 Å². The average Bonchev–Trinajstić information content (AvgIpc) is 3.25. The van der Waals surface area contributed by atoms with Crippen LogP contribution in [-0.2, 0) is 22.7 Å². The summed E-state index contributed by atoms with van der Waals surface area (Å²) in [5, 5.41) is 30.2. The Kier molecular flexibility index (Phi) is 10.2. The Bertz CT molecular complexity index is 2570. The number of ketones is 1. The molecule has 0 radical (unpaired) electrons. The summed E-state index contributed by atoms with van der Waals surface area (Å²) in [4.78, 5) is 13.0. The molecule has 3 N–H and O–H groups in total. The van der Waals surface area contributed by atoms with Crippen LogP contribution in [0.2, 0.25) is 0 Å². The Morgan fingerprint density at radius 1 is 0.629 bits per heavy atom. The lowest BCUT2D eigenvalue weighted by molar-refractivity contribution is 0.00849. The molecule has 326 valence electrons. The number of fused-ring (bicyclic) bond motifs is 12. The van der Waals surface area contributed by atoms with Crippen molar-refractivity contribution in [3.8, 4) is 46.0 Å². The van der Waals surface area contributed by atoms with Crippen LogP contribution in [0.3, 0.4) is 0 Å². The minimum Gasteiger partial charge on any atom is -0.496 e. The number of methoxy groups -OCH3 is 4. The highest BCUT2D eigenvalue weighted by molar-refractivity contribution is 6.06. The molecule has 0 aliphatic carbocycles. The third-order valence-electron chi connectivity index (χ3n) is 11.9. The molecular formula is C48H50O14. The Labute approximate surface area is 359 Å². The fourth-order valence-corrected chi connectivity index (χ4v) is 9.30. The second-order valence-corrected chi connectivity index (χ2v) is 17.1. The first kappa shape index (κ1) is 41.3. The van der Waals surface area contributed by atoms with Crippen LogP contribution in [-0.4, -0.2) is 86.2 Å². The van der Waals surface area contributed by atoms with Gasteiger partial charge in [-0.15, -0.1) is 0 Å². The van der Waals surface area contributed by atoms with E-state index in [-0.39, 0.29) is 38.6 Å². The second-order valence-electron chi connectivity index (χ2n) is 17.1. The predicted molar refractivity (Wildman–Crippen MR) is 226 cm³/mol. The van der Waals surface area contributed by atoms with Gasteiger partial charge in [0, 0.05) is 39.8 Å². The topological polar surface area (TPSA) is 170 Å². The summed E-state index contributed by atoms with van der Waals surface area (Å²) in [7, 11) is 6.34. The van der Waals surface area contributed by atoms with Crippen molar-refractivity contribution in [3.05, 3.63) is 93.0 Å². The quantitative estimate of drug-likeness (QED) is 0.180. The molecule has 0 amide bonds. The lowest BCUT2D eigenvalue weighted by Crippen LogP contribution is -2.38. The maximum absolute atomic E-state index is 13.0. The molecule has 4 aromatic carbocycles. The highest BCUT2D eigenvalue weighted by Gasteiger charge is 2.44. The molecule has 0 bridgehead atoms. The zero-order valence-corrected chi connectivity index (χ0v) is 35.9. The SMILES string of the molecule is COC1=C2c3cc(OC)c(CO)cc3OC[C@H]2Oc2c1ccc1c2C(=O)CC(C)(C)O1.COC1=C2c3cc(OC)c(CO)cc3OC[C@H]2Oc2c1ccc1c2C(O)CC(C)(C)O1. The number of aliphatic hydroxyl groups is 3. The van der Waals surface area contributed by atoms with E-state index >= 15 is 0 Å². The third-order valence-corrected chi connectivity index (χ3v) is 11.9. The molecule has 0 aromatic heterocycles. The van der Waals surface area contributed by atoms with Gasteiger partial charge in [0.05, 0.1) is 70.9 Å². The number of ether oxygens (including phenoxy) is 10. The third kappa shape index (κ3) is 6.72. The van der Waals surface area contributed by atoms with E-state index < -0.39 is 29.5 Å². The second kappa shape index (κ2) is 15.4. The molecule has 14 nitrogen and oxygen atoms in total. The number of aliphatic hydroxyl groups excluding tert-OH is 3. The van der Waals surface area contributed by atoms with Crippen LogP contribution in [0.15, 0.2) is 48.5 Å². The first-order valence-electron chi connectivity index (χ1n) is 20.5. The van der Waals surface area contributed by atoms with E-state index in [9.17, 15) is 20.1 Å².